The molecule has 1 aromatic heterocycles. The van der Waals surface area contributed by atoms with Crippen molar-refractivity contribution in [2.24, 2.45) is 5.92 Å². The third-order valence-corrected chi connectivity index (χ3v) is 8.23. The number of amides is 1. The second-order valence-corrected chi connectivity index (χ2v) is 10.8. The second-order valence-electron chi connectivity index (χ2n) is 7.46. The van der Waals surface area contributed by atoms with Gasteiger partial charge >= 0.3 is 5.97 Å². The van der Waals surface area contributed by atoms with Crippen molar-refractivity contribution in [2.75, 3.05) is 18.6 Å². The molecule has 0 saturated carbocycles. The van der Waals surface area contributed by atoms with E-state index >= 15 is 0 Å². The minimum absolute atomic E-state index is 0.0221. The number of sulfone groups is 1. The summed E-state index contributed by atoms with van der Waals surface area (Å²) in [4.78, 5) is 28.1. The first kappa shape index (κ1) is 19.4. The average molecular weight is 400 g/mol. The number of nitrogens with zero attached hydrogens (tertiary/aromatic N) is 1. The van der Waals surface area contributed by atoms with E-state index in [2.05, 4.69) is 6.92 Å². The van der Waals surface area contributed by atoms with Crippen LogP contribution in [0.4, 0.5) is 0 Å². The molecule has 144 valence electrons. The molecule has 0 unspecified atom stereocenters. The van der Waals surface area contributed by atoms with Crippen LogP contribution in [0, 0.1) is 5.92 Å². The van der Waals surface area contributed by atoms with E-state index in [4.69, 9.17) is 4.74 Å². The molecule has 0 radical (unpaired) electrons. The summed E-state index contributed by atoms with van der Waals surface area (Å²) in [5.41, 5.74) is 1.22. The molecule has 1 aliphatic carbocycles. The topological polar surface area (TPSA) is 80.8 Å². The molecular weight excluding hydrogens is 374 g/mol. The summed E-state index contributed by atoms with van der Waals surface area (Å²) in [7, 11) is -1.50. The molecule has 2 aliphatic rings. The minimum atomic E-state index is -3.07. The molecule has 0 aromatic carbocycles. The molecule has 26 heavy (non-hydrogen) atoms. The van der Waals surface area contributed by atoms with Gasteiger partial charge in [0.2, 0.25) is 0 Å². The number of hydrogen-bond donors (Lipinski definition) is 0. The van der Waals surface area contributed by atoms with E-state index in [-0.39, 0.29) is 23.5 Å². The Morgan fingerprint density at radius 2 is 2.08 bits per heavy atom. The van der Waals surface area contributed by atoms with E-state index < -0.39 is 21.9 Å². The van der Waals surface area contributed by atoms with Crippen LogP contribution >= 0.6 is 11.3 Å². The van der Waals surface area contributed by atoms with Gasteiger partial charge in [0, 0.05) is 18.0 Å². The highest BCUT2D eigenvalue weighted by molar-refractivity contribution is 7.91. The quantitative estimate of drug-likeness (QED) is 0.724. The lowest BCUT2D eigenvalue weighted by atomic mass is 9.90. The molecule has 1 aromatic rings. The van der Waals surface area contributed by atoms with Crippen LogP contribution in [-0.2, 0) is 32.2 Å². The highest BCUT2D eigenvalue weighted by Gasteiger charge is 2.35. The maximum atomic E-state index is 12.5. The summed E-state index contributed by atoms with van der Waals surface area (Å²) < 4.78 is 28.6. The molecular formula is C18H25NO5S2. The molecule has 0 bridgehead atoms. The van der Waals surface area contributed by atoms with Gasteiger partial charge in [-0.25, -0.2) is 13.2 Å². The maximum Gasteiger partial charge on any atom is 0.349 e. The van der Waals surface area contributed by atoms with Gasteiger partial charge in [-0.05, 0) is 50.2 Å². The van der Waals surface area contributed by atoms with E-state index in [0.717, 1.165) is 19.3 Å². The number of rotatable bonds is 4. The van der Waals surface area contributed by atoms with Crippen molar-refractivity contribution in [3.8, 4) is 0 Å². The second kappa shape index (κ2) is 7.31. The Morgan fingerprint density at radius 3 is 2.73 bits per heavy atom. The Hall–Kier alpha value is -1.41. The predicted octanol–water partition coefficient (Wildman–Crippen LogP) is 2.06. The van der Waals surface area contributed by atoms with Crippen LogP contribution in [-0.4, -0.2) is 55.9 Å². The molecule has 8 heteroatoms. The van der Waals surface area contributed by atoms with Crippen LogP contribution in [0.2, 0.25) is 0 Å². The summed E-state index contributed by atoms with van der Waals surface area (Å²) in [5.74, 6) is -0.146. The lowest BCUT2D eigenvalue weighted by molar-refractivity contribution is -0.140. The zero-order chi connectivity index (χ0) is 19.1. The summed E-state index contributed by atoms with van der Waals surface area (Å²) in [6.45, 7) is 3.74. The van der Waals surface area contributed by atoms with Crippen LogP contribution in [0.3, 0.4) is 0 Å². The first-order valence-electron chi connectivity index (χ1n) is 8.96. The van der Waals surface area contributed by atoms with Crippen molar-refractivity contribution >= 4 is 33.1 Å². The summed E-state index contributed by atoms with van der Waals surface area (Å²) >= 11 is 1.45. The first-order valence-corrected chi connectivity index (χ1v) is 11.6. The van der Waals surface area contributed by atoms with E-state index in [1.54, 1.807) is 7.05 Å². The summed E-state index contributed by atoms with van der Waals surface area (Å²) in [6, 6.07) is 1.55. The molecule has 1 fully saturated rings. The van der Waals surface area contributed by atoms with Crippen LogP contribution in [0.5, 0.6) is 0 Å². The molecule has 3 atom stereocenters. The fourth-order valence-corrected chi connectivity index (χ4v) is 6.49. The first-order chi connectivity index (χ1) is 12.2. The Kier molecular flexibility index (Phi) is 5.44. The van der Waals surface area contributed by atoms with E-state index in [1.807, 2.05) is 6.07 Å². The molecule has 1 saturated heterocycles. The standard InChI is InChI=1S/C18H25NO5S2/c1-11-4-5-15-13(8-11)9-16(25-15)18(21)24-12(2)17(20)19(3)14-6-7-26(22,23)10-14/h9,11-12,14H,4-8,10H2,1-3H3/t11-,12-,14-/m1/s1. The van der Waals surface area contributed by atoms with Crippen molar-refractivity contribution in [2.45, 2.75) is 51.7 Å². The Balaban J connectivity index is 1.61. The number of carbonyl (C=O) groups excluding carboxylic acids is 2. The van der Waals surface area contributed by atoms with Gasteiger partial charge in [-0.2, -0.15) is 0 Å². The molecule has 1 aliphatic heterocycles. The van der Waals surface area contributed by atoms with Crippen LogP contribution < -0.4 is 0 Å². The Morgan fingerprint density at radius 1 is 1.35 bits per heavy atom. The Bertz CT molecular complexity index is 814. The molecule has 1 amide bonds. The largest absolute Gasteiger partial charge is 0.448 e. The summed E-state index contributed by atoms with van der Waals surface area (Å²) in [6.07, 6.45) is 2.59. The zero-order valence-corrected chi connectivity index (χ0v) is 17.0. The number of fused-ring (bicyclic) bond motifs is 1. The lowest BCUT2D eigenvalue weighted by Crippen LogP contribution is -2.44. The van der Waals surface area contributed by atoms with Gasteiger partial charge in [0.25, 0.3) is 5.91 Å². The summed E-state index contributed by atoms with van der Waals surface area (Å²) in [5, 5.41) is 0. The van der Waals surface area contributed by atoms with Crippen molar-refractivity contribution in [1.82, 2.24) is 4.90 Å². The molecule has 0 spiro atoms. The van der Waals surface area contributed by atoms with E-state index in [0.29, 0.717) is 17.2 Å². The van der Waals surface area contributed by atoms with Gasteiger partial charge in [-0.3, -0.25) is 4.79 Å². The van der Waals surface area contributed by atoms with Crippen molar-refractivity contribution in [3.63, 3.8) is 0 Å². The van der Waals surface area contributed by atoms with Crippen LogP contribution in [0.15, 0.2) is 6.07 Å². The number of aryl methyl sites for hydroxylation is 1. The number of esters is 1. The fourth-order valence-electron chi connectivity index (χ4n) is 3.62. The zero-order valence-electron chi connectivity index (χ0n) is 15.4. The van der Waals surface area contributed by atoms with Gasteiger partial charge in [0.1, 0.15) is 4.88 Å². The van der Waals surface area contributed by atoms with Crippen molar-refractivity contribution in [1.29, 1.82) is 0 Å². The number of thiophene rings is 1. The average Bonchev–Trinajstić information content (AvgIpc) is 3.15. The van der Waals surface area contributed by atoms with Gasteiger partial charge < -0.3 is 9.64 Å². The highest BCUT2D eigenvalue weighted by Crippen LogP contribution is 2.32. The molecule has 2 heterocycles. The monoisotopic (exact) mass is 399 g/mol. The predicted molar refractivity (Wildman–Crippen MR) is 100 cm³/mol. The minimum Gasteiger partial charge on any atom is -0.448 e. The fraction of sp³-hybridized carbons (Fsp3) is 0.667. The number of ether oxygens (including phenoxy) is 1. The number of hydrogen-bond acceptors (Lipinski definition) is 6. The molecule has 0 N–H and O–H groups in total. The third-order valence-electron chi connectivity index (χ3n) is 5.27. The van der Waals surface area contributed by atoms with E-state index in [1.165, 1.54) is 33.6 Å². The van der Waals surface area contributed by atoms with Gasteiger partial charge in [0.15, 0.2) is 15.9 Å². The SMILES string of the molecule is C[C@@H]1CCc2sc(C(=O)O[C@H](C)C(=O)N(C)[C@@H]3CCS(=O)(=O)C3)cc2C1. The maximum absolute atomic E-state index is 12.5. The van der Waals surface area contributed by atoms with Crippen molar-refractivity contribution < 1.29 is 22.7 Å². The van der Waals surface area contributed by atoms with Gasteiger partial charge in [-0.1, -0.05) is 6.92 Å². The van der Waals surface area contributed by atoms with E-state index in [9.17, 15) is 18.0 Å². The lowest BCUT2D eigenvalue weighted by Gasteiger charge is -2.26. The van der Waals surface area contributed by atoms with Gasteiger partial charge in [-0.15, -0.1) is 11.3 Å². The normalized spacial score (nSPS) is 25.3. The van der Waals surface area contributed by atoms with Crippen LogP contribution in [0.1, 0.15) is 46.8 Å². The van der Waals surface area contributed by atoms with Gasteiger partial charge in [0.05, 0.1) is 11.5 Å². The molecule has 3 rings (SSSR count). The van der Waals surface area contributed by atoms with Crippen LogP contribution in [0.25, 0.3) is 0 Å². The number of carbonyl (C=O) groups is 2. The van der Waals surface area contributed by atoms with Crippen molar-refractivity contribution in [3.05, 3.63) is 21.4 Å². The number of likely N-dealkylation sites (N-methyl/N-ethyl adjacent to an activating group) is 1. The highest BCUT2D eigenvalue weighted by atomic mass is 32.2. The smallest absolute Gasteiger partial charge is 0.349 e. The third kappa shape index (κ3) is 4.11. The Labute approximate surface area is 158 Å². The molecule has 6 nitrogen and oxygen atoms in total.